The van der Waals surface area contributed by atoms with Crippen molar-refractivity contribution < 1.29 is 22.8 Å². The number of fused-ring (bicyclic) bond motifs is 1. The number of para-hydroxylation sites is 1. The van der Waals surface area contributed by atoms with Gasteiger partial charge in [0.15, 0.2) is 0 Å². The number of aromatic nitrogens is 1. The molecule has 0 aliphatic carbocycles. The van der Waals surface area contributed by atoms with Gasteiger partial charge in [-0.25, -0.2) is 0 Å². The molecule has 2 aromatic carbocycles. The molecule has 0 radical (unpaired) electrons. The maximum Gasteiger partial charge on any atom is 0.416 e. The zero-order valence-electron chi connectivity index (χ0n) is 12.4. The molecule has 0 saturated carbocycles. The Morgan fingerprint density at radius 3 is 2.52 bits per heavy atom. The fraction of sp³-hybridized carbons (Fsp3) is 0.0588. The number of anilines is 1. The summed E-state index contributed by atoms with van der Waals surface area (Å²) in [7, 11) is 0. The van der Waals surface area contributed by atoms with Gasteiger partial charge in [-0.2, -0.15) is 13.2 Å². The lowest BCUT2D eigenvalue weighted by Gasteiger charge is -2.11. The predicted octanol–water partition coefficient (Wildman–Crippen LogP) is 4.66. The maximum absolute atomic E-state index is 12.8. The van der Waals surface area contributed by atoms with Gasteiger partial charge in [0.1, 0.15) is 0 Å². The summed E-state index contributed by atoms with van der Waals surface area (Å²) in [5.74, 6) is -1.96. The molecule has 0 atom stereocenters. The largest absolute Gasteiger partial charge is 0.416 e. The Bertz CT molecular complexity index is 979. The number of benzene rings is 2. The summed E-state index contributed by atoms with van der Waals surface area (Å²) in [6.07, 6.45) is -3.22. The molecule has 4 nitrogen and oxygen atoms in total. The number of aromatic amines is 1. The number of rotatable bonds is 3. The molecule has 3 rings (SSSR count). The molecule has 128 valence electrons. The van der Waals surface area contributed by atoms with Gasteiger partial charge in [-0.15, -0.1) is 0 Å². The van der Waals surface area contributed by atoms with Crippen molar-refractivity contribution in [2.75, 3.05) is 5.32 Å². The maximum atomic E-state index is 12.8. The van der Waals surface area contributed by atoms with Crippen molar-refractivity contribution in [3.8, 4) is 0 Å². The van der Waals surface area contributed by atoms with Crippen LogP contribution in [0, 0.1) is 0 Å². The minimum atomic E-state index is -4.59. The van der Waals surface area contributed by atoms with Crippen LogP contribution in [0.4, 0.5) is 18.9 Å². The number of carbonyl (C=O) groups excluding carboxylic acids is 2. The van der Waals surface area contributed by atoms with E-state index in [-0.39, 0.29) is 16.3 Å². The molecule has 2 N–H and O–H groups in total. The molecule has 0 spiro atoms. The zero-order valence-corrected chi connectivity index (χ0v) is 13.2. The summed E-state index contributed by atoms with van der Waals surface area (Å²) in [5, 5.41) is 2.58. The summed E-state index contributed by atoms with van der Waals surface area (Å²) in [6, 6.07) is 9.33. The van der Waals surface area contributed by atoms with Gasteiger partial charge >= 0.3 is 6.18 Å². The van der Waals surface area contributed by atoms with Crippen LogP contribution in [-0.2, 0) is 11.0 Å². The van der Waals surface area contributed by atoms with Gasteiger partial charge in [0, 0.05) is 17.1 Å². The second kappa shape index (κ2) is 6.25. The molecule has 0 saturated heterocycles. The van der Waals surface area contributed by atoms with Crippen LogP contribution < -0.4 is 5.32 Å². The lowest BCUT2D eigenvalue weighted by atomic mass is 10.1. The molecule has 0 aliphatic heterocycles. The molecule has 1 aromatic heterocycles. The molecule has 3 aromatic rings. The molecule has 0 bridgehead atoms. The number of carbonyl (C=O) groups is 2. The number of H-pyrrole nitrogens is 1. The quantitative estimate of drug-likeness (QED) is 0.523. The van der Waals surface area contributed by atoms with Gasteiger partial charge in [-0.1, -0.05) is 29.8 Å². The number of hydrogen-bond donors (Lipinski definition) is 2. The normalized spacial score (nSPS) is 11.5. The Morgan fingerprint density at radius 2 is 1.80 bits per heavy atom. The minimum Gasteiger partial charge on any atom is -0.360 e. The smallest absolute Gasteiger partial charge is 0.360 e. The van der Waals surface area contributed by atoms with Crippen molar-refractivity contribution in [3.63, 3.8) is 0 Å². The van der Waals surface area contributed by atoms with Crippen LogP contribution in [0.1, 0.15) is 15.9 Å². The number of Topliss-reactive ketones (excluding diaryl/α,β-unsaturated/α-hetero) is 1. The number of ketones is 1. The Kier molecular flexibility index (Phi) is 4.26. The molecule has 8 heteroatoms. The third-order valence-corrected chi connectivity index (χ3v) is 3.91. The number of alkyl halides is 3. The van der Waals surface area contributed by atoms with E-state index in [1.54, 1.807) is 24.3 Å². The van der Waals surface area contributed by atoms with Crippen molar-refractivity contribution in [1.82, 2.24) is 4.98 Å². The average molecular weight is 367 g/mol. The Hall–Kier alpha value is -2.80. The molecular weight excluding hydrogens is 357 g/mol. The molecule has 0 fully saturated rings. The van der Waals surface area contributed by atoms with Crippen molar-refractivity contribution >= 4 is 39.9 Å². The van der Waals surface area contributed by atoms with Crippen LogP contribution in [0.2, 0.25) is 5.02 Å². The van der Waals surface area contributed by atoms with Crippen LogP contribution in [0.15, 0.2) is 48.7 Å². The van der Waals surface area contributed by atoms with Crippen molar-refractivity contribution in [2.24, 2.45) is 0 Å². The van der Waals surface area contributed by atoms with E-state index in [9.17, 15) is 22.8 Å². The fourth-order valence-corrected chi connectivity index (χ4v) is 2.52. The van der Waals surface area contributed by atoms with Crippen LogP contribution in [0.3, 0.4) is 0 Å². The first-order valence-corrected chi connectivity index (χ1v) is 7.43. The summed E-state index contributed by atoms with van der Waals surface area (Å²) in [6.45, 7) is 0. The second-order valence-corrected chi connectivity index (χ2v) is 5.63. The van der Waals surface area contributed by atoms with Gasteiger partial charge < -0.3 is 10.3 Å². The monoisotopic (exact) mass is 366 g/mol. The second-order valence-electron chi connectivity index (χ2n) is 5.22. The standard InChI is InChI=1S/C17H10ClF3N2O2/c18-12-6-5-9(17(19,20)21)7-14(12)23-16(25)15(24)11-8-22-13-4-2-1-3-10(11)13/h1-8,22H,(H,23,25). The third-order valence-electron chi connectivity index (χ3n) is 3.58. The number of amides is 1. The highest BCUT2D eigenvalue weighted by molar-refractivity contribution is 6.49. The highest BCUT2D eigenvalue weighted by Crippen LogP contribution is 2.34. The van der Waals surface area contributed by atoms with E-state index in [1.165, 1.54) is 6.20 Å². The van der Waals surface area contributed by atoms with E-state index >= 15 is 0 Å². The summed E-state index contributed by atoms with van der Waals surface area (Å²) in [5.41, 5.74) is -0.478. The molecule has 0 unspecified atom stereocenters. The van der Waals surface area contributed by atoms with Gasteiger partial charge in [0.25, 0.3) is 11.7 Å². The lowest BCUT2D eigenvalue weighted by Crippen LogP contribution is -2.23. The third kappa shape index (κ3) is 3.36. The first-order chi connectivity index (χ1) is 11.8. The first-order valence-electron chi connectivity index (χ1n) is 7.06. The highest BCUT2D eigenvalue weighted by atomic mass is 35.5. The summed E-state index contributed by atoms with van der Waals surface area (Å²) < 4.78 is 38.3. The van der Waals surface area contributed by atoms with E-state index in [2.05, 4.69) is 10.3 Å². The van der Waals surface area contributed by atoms with Crippen molar-refractivity contribution in [1.29, 1.82) is 0 Å². The first kappa shape index (κ1) is 17.0. The van der Waals surface area contributed by atoms with Crippen molar-refractivity contribution in [3.05, 3.63) is 64.8 Å². The Labute approximate surface area is 144 Å². The van der Waals surface area contributed by atoms with Crippen LogP contribution in [0.5, 0.6) is 0 Å². The number of nitrogens with one attached hydrogen (secondary N) is 2. The highest BCUT2D eigenvalue weighted by Gasteiger charge is 2.31. The minimum absolute atomic E-state index is 0.104. The Morgan fingerprint density at radius 1 is 1.08 bits per heavy atom. The van der Waals surface area contributed by atoms with Crippen LogP contribution in [-0.4, -0.2) is 16.7 Å². The van der Waals surface area contributed by atoms with Crippen LogP contribution >= 0.6 is 11.6 Å². The van der Waals surface area contributed by atoms with E-state index in [1.807, 2.05) is 0 Å². The van der Waals surface area contributed by atoms with E-state index in [0.717, 1.165) is 12.1 Å². The SMILES string of the molecule is O=C(Nc1cc(C(F)(F)F)ccc1Cl)C(=O)c1c[nH]c2ccccc12. The lowest BCUT2D eigenvalue weighted by molar-refractivity contribution is -0.137. The van der Waals surface area contributed by atoms with E-state index < -0.39 is 23.4 Å². The average Bonchev–Trinajstić information content (AvgIpc) is 2.99. The summed E-state index contributed by atoms with van der Waals surface area (Å²) >= 11 is 5.82. The van der Waals surface area contributed by atoms with Crippen LogP contribution in [0.25, 0.3) is 10.9 Å². The van der Waals surface area contributed by atoms with Gasteiger partial charge in [0.2, 0.25) is 0 Å². The van der Waals surface area contributed by atoms with Gasteiger partial charge in [0.05, 0.1) is 21.8 Å². The fourth-order valence-electron chi connectivity index (χ4n) is 2.36. The van der Waals surface area contributed by atoms with E-state index in [0.29, 0.717) is 17.0 Å². The molecule has 1 heterocycles. The number of hydrogen-bond acceptors (Lipinski definition) is 2. The topological polar surface area (TPSA) is 62.0 Å². The van der Waals surface area contributed by atoms with Crippen molar-refractivity contribution in [2.45, 2.75) is 6.18 Å². The predicted molar refractivity (Wildman–Crippen MR) is 87.7 cm³/mol. The molecule has 1 amide bonds. The van der Waals surface area contributed by atoms with Gasteiger partial charge in [-0.3, -0.25) is 9.59 Å². The molecule has 0 aliphatic rings. The number of halogens is 4. The Balaban J connectivity index is 1.88. The zero-order chi connectivity index (χ0) is 18.2. The molecular formula is C17H10ClF3N2O2. The molecule has 25 heavy (non-hydrogen) atoms. The van der Waals surface area contributed by atoms with Gasteiger partial charge in [-0.05, 0) is 24.3 Å². The summed E-state index contributed by atoms with van der Waals surface area (Å²) in [4.78, 5) is 27.3. The van der Waals surface area contributed by atoms with E-state index in [4.69, 9.17) is 11.6 Å².